The molecule has 0 aliphatic carbocycles. The lowest BCUT2D eigenvalue weighted by atomic mass is 10.1. The van der Waals surface area contributed by atoms with E-state index < -0.39 is 0 Å². The number of aromatic nitrogens is 2. The summed E-state index contributed by atoms with van der Waals surface area (Å²) < 4.78 is 6.73. The number of thiazole rings is 1. The normalized spacial score (nSPS) is 10.8. The lowest BCUT2D eigenvalue weighted by molar-refractivity contribution is -0.121. The van der Waals surface area contributed by atoms with Gasteiger partial charge in [-0.3, -0.25) is 14.0 Å². The van der Waals surface area contributed by atoms with E-state index >= 15 is 0 Å². The highest BCUT2D eigenvalue weighted by Gasteiger charge is 2.08. The van der Waals surface area contributed by atoms with Crippen molar-refractivity contribution < 1.29 is 9.53 Å². The number of carbonyl (C=O) groups excluding carboxylic acids is 1. The number of aryl methyl sites for hydroxylation is 2. The quantitative estimate of drug-likeness (QED) is 0.692. The molecule has 0 bridgehead atoms. The molecular formula is C19H21N3O3S. The Morgan fingerprint density at radius 3 is 2.77 bits per heavy atom. The molecule has 136 valence electrons. The Labute approximate surface area is 155 Å². The largest absolute Gasteiger partial charge is 0.497 e. The Balaban J connectivity index is 1.50. The molecule has 0 unspecified atom stereocenters. The summed E-state index contributed by atoms with van der Waals surface area (Å²) >= 11 is 1.44. The second-order valence-electron chi connectivity index (χ2n) is 6.03. The van der Waals surface area contributed by atoms with Crippen LogP contribution in [0.3, 0.4) is 0 Å². The van der Waals surface area contributed by atoms with Gasteiger partial charge in [-0.25, -0.2) is 4.98 Å². The van der Waals surface area contributed by atoms with Gasteiger partial charge in [0.05, 0.1) is 7.11 Å². The smallest absolute Gasteiger partial charge is 0.258 e. The number of hydrogen-bond acceptors (Lipinski definition) is 5. The van der Waals surface area contributed by atoms with E-state index in [1.54, 1.807) is 11.5 Å². The molecular weight excluding hydrogens is 350 g/mol. The van der Waals surface area contributed by atoms with Crippen LogP contribution in [0.5, 0.6) is 5.75 Å². The molecule has 0 spiro atoms. The number of rotatable bonds is 7. The predicted octanol–water partition coefficient (Wildman–Crippen LogP) is 2.36. The van der Waals surface area contributed by atoms with Gasteiger partial charge in [0.15, 0.2) is 4.96 Å². The number of hydrogen-bond donors (Lipinski definition) is 1. The minimum Gasteiger partial charge on any atom is -0.497 e. The van der Waals surface area contributed by atoms with Crippen molar-refractivity contribution in [3.63, 3.8) is 0 Å². The highest BCUT2D eigenvalue weighted by atomic mass is 32.1. The predicted molar refractivity (Wildman–Crippen MR) is 102 cm³/mol. The number of fused-ring (bicyclic) bond motifs is 1. The molecule has 0 aliphatic heterocycles. The monoisotopic (exact) mass is 371 g/mol. The Morgan fingerprint density at radius 2 is 2.04 bits per heavy atom. The van der Waals surface area contributed by atoms with E-state index in [4.69, 9.17) is 4.74 Å². The molecule has 0 saturated carbocycles. The third-order valence-corrected chi connectivity index (χ3v) is 4.98. The van der Waals surface area contributed by atoms with Gasteiger partial charge in [-0.2, -0.15) is 0 Å². The van der Waals surface area contributed by atoms with E-state index in [-0.39, 0.29) is 11.5 Å². The highest BCUT2D eigenvalue weighted by Crippen LogP contribution is 2.14. The number of nitrogens with one attached hydrogen (secondary N) is 1. The van der Waals surface area contributed by atoms with Crippen molar-refractivity contribution in [2.45, 2.75) is 26.2 Å². The van der Waals surface area contributed by atoms with E-state index in [2.05, 4.69) is 10.3 Å². The van der Waals surface area contributed by atoms with Gasteiger partial charge < -0.3 is 10.1 Å². The van der Waals surface area contributed by atoms with E-state index in [0.29, 0.717) is 30.8 Å². The van der Waals surface area contributed by atoms with Crippen LogP contribution in [0.4, 0.5) is 0 Å². The van der Waals surface area contributed by atoms with Gasteiger partial charge in [-0.15, -0.1) is 11.3 Å². The number of nitrogens with zero attached hydrogens (tertiary/aromatic N) is 2. The zero-order valence-corrected chi connectivity index (χ0v) is 15.6. The summed E-state index contributed by atoms with van der Waals surface area (Å²) in [5.41, 5.74) is 2.61. The topological polar surface area (TPSA) is 72.7 Å². The van der Waals surface area contributed by atoms with Gasteiger partial charge in [0.25, 0.3) is 5.56 Å². The van der Waals surface area contributed by atoms with Crippen LogP contribution in [0, 0.1) is 6.92 Å². The number of amides is 1. The lowest BCUT2D eigenvalue weighted by Crippen LogP contribution is -2.27. The summed E-state index contributed by atoms with van der Waals surface area (Å²) in [4.78, 5) is 29.2. The molecule has 1 aromatic carbocycles. The second-order valence-corrected chi connectivity index (χ2v) is 6.87. The van der Waals surface area contributed by atoms with E-state index in [1.165, 1.54) is 17.4 Å². The maximum absolute atomic E-state index is 12.1. The second kappa shape index (κ2) is 8.14. The van der Waals surface area contributed by atoms with Crippen LogP contribution in [0.25, 0.3) is 4.96 Å². The molecule has 0 saturated heterocycles. The van der Waals surface area contributed by atoms with Gasteiger partial charge in [0.2, 0.25) is 5.91 Å². The van der Waals surface area contributed by atoms with Crippen LogP contribution in [0.15, 0.2) is 40.5 Å². The van der Waals surface area contributed by atoms with Crippen LogP contribution >= 0.6 is 11.3 Å². The minimum absolute atomic E-state index is 0.00155. The van der Waals surface area contributed by atoms with Crippen molar-refractivity contribution in [2.75, 3.05) is 13.7 Å². The molecule has 0 atom stereocenters. The van der Waals surface area contributed by atoms with Crippen LogP contribution in [0.1, 0.15) is 23.4 Å². The highest BCUT2D eigenvalue weighted by molar-refractivity contribution is 7.15. The number of methoxy groups -OCH3 is 1. The van der Waals surface area contributed by atoms with Crippen molar-refractivity contribution in [2.24, 2.45) is 0 Å². The van der Waals surface area contributed by atoms with Gasteiger partial charge >= 0.3 is 0 Å². The number of benzene rings is 1. The molecule has 6 nitrogen and oxygen atoms in total. The molecule has 3 aromatic rings. The fraction of sp³-hybridized carbons (Fsp3) is 0.316. The van der Waals surface area contributed by atoms with Crippen molar-refractivity contribution in [1.29, 1.82) is 0 Å². The molecule has 26 heavy (non-hydrogen) atoms. The fourth-order valence-corrected chi connectivity index (χ4v) is 3.70. The van der Waals surface area contributed by atoms with E-state index in [1.807, 2.05) is 36.6 Å². The average molecular weight is 371 g/mol. The number of ether oxygens (including phenoxy) is 1. The molecule has 0 radical (unpaired) electrons. The third-order valence-electron chi connectivity index (χ3n) is 4.11. The first-order chi connectivity index (χ1) is 12.6. The van der Waals surface area contributed by atoms with Crippen molar-refractivity contribution in [1.82, 2.24) is 14.7 Å². The van der Waals surface area contributed by atoms with Crippen LogP contribution < -0.4 is 15.6 Å². The fourth-order valence-electron chi connectivity index (χ4n) is 2.73. The summed E-state index contributed by atoms with van der Waals surface area (Å²) in [6, 6.07) is 9.23. The molecule has 2 heterocycles. The van der Waals surface area contributed by atoms with Crippen molar-refractivity contribution in [3.8, 4) is 5.75 Å². The van der Waals surface area contributed by atoms with Crippen molar-refractivity contribution >= 4 is 22.2 Å². The van der Waals surface area contributed by atoms with Crippen molar-refractivity contribution in [3.05, 3.63) is 63.0 Å². The van der Waals surface area contributed by atoms with Crippen LogP contribution in [-0.4, -0.2) is 28.9 Å². The van der Waals surface area contributed by atoms with Crippen LogP contribution in [-0.2, 0) is 17.6 Å². The maximum Gasteiger partial charge on any atom is 0.258 e. The molecule has 7 heteroatoms. The summed E-state index contributed by atoms with van der Waals surface area (Å²) in [6.45, 7) is 2.30. The Hall–Kier alpha value is -2.67. The maximum atomic E-state index is 12.1. The van der Waals surface area contributed by atoms with Gasteiger partial charge in [-0.1, -0.05) is 12.1 Å². The zero-order chi connectivity index (χ0) is 18.5. The van der Waals surface area contributed by atoms with Gasteiger partial charge in [0, 0.05) is 42.2 Å². The van der Waals surface area contributed by atoms with Gasteiger partial charge in [0.1, 0.15) is 5.75 Å². The molecule has 1 amide bonds. The Morgan fingerprint density at radius 1 is 1.27 bits per heavy atom. The summed E-state index contributed by atoms with van der Waals surface area (Å²) in [5.74, 6) is 0.808. The summed E-state index contributed by atoms with van der Waals surface area (Å²) in [7, 11) is 1.63. The first-order valence-corrected chi connectivity index (χ1v) is 9.31. The minimum atomic E-state index is -0.0745. The third kappa shape index (κ3) is 4.29. The zero-order valence-electron chi connectivity index (χ0n) is 14.8. The molecule has 0 aliphatic rings. The lowest BCUT2D eigenvalue weighted by Gasteiger charge is -2.06. The van der Waals surface area contributed by atoms with E-state index in [9.17, 15) is 9.59 Å². The summed E-state index contributed by atoms with van der Waals surface area (Å²) in [6.07, 6.45) is 1.70. The molecule has 2 aromatic heterocycles. The van der Waals surface area contributed by atoms with E-state index in [0.717, 1.165) is 22.7 Å². The van der Waals surface area contributed by atoms with Gasteiger partial charge in [-0.05, 0) is 31.0 Å². The molecule has 1 N–H and O–H groups in total. The molecule has 3 rings (SSSR count). The Kier molecular flexibility index (Phi) is 5.68. The number of carbonyl (C=O) groups is 1. The standard InChI is InChI=1S/C19H21N3O3S/c1-13-11-18(24)22-15(12-26-19(22)21-13)9-10-20-17(23)8-5-14-3-6-16(25-2)7-4-14/h3-4,6-7,11-12H,5,8-10H2,1-2H3,(H,20,23). The average Bonchev–Trinajstić information content (AvgIpc) is 3.03. The SMILES string of the molecule is COc1ccc(CCC(=O)NCCc2csc3nc(C)cc(=O)n23)cc1. The first-order valence-electron chi connectivity index (χ1n) is 8.43. The molecule has 0 fully saturated rings. The Bertz CT molecular complexity index is 960. The first kappa shape index (κ1) is 18.1. The van der Waals surface area contributed by atoms with Crippen LogP contribution in [0.2, 0.25) is 0 Å². The summed E-state index contributed by atoms with van der Waals surface area (Å²) in [5, 5.41) is 4.84.